The lowest BCUT2D eigenvalue weighted by atomic mass is 10.1. The molecule has 3 amide bonds. The van der Waals surface area contributed by atoms with Crippen LogP contribution in [0.4, 0.5) is 10.5 Å². The molecule has 0 bridgehead atoms. The van der Waals surface area contributed by atoms with E-state index in [1.54, 1.807) is 0 Å². The minimum Gasteiger partial charge on any atom is -0.379 e. The van der Waals surface area contributed by atoms with Crippen molar-refractivity contribution in [3.8, 4) is 0 Å². The molecular weight excluding hydrogens is 368 g/mol. The van der Waals surface area contributed by atoms with Crippen molar-refractivity contribution in [3.63, 3.8) is 0 Å². The Morgan fingerprint density at radius 3 is 2.31 bits per heavy atom. The van der Waals surface area contributed by atoms with Gasteiger partial charge in [-0.25, -0.2) is 4.79 Å². The van der Waals surface area contributed by atoms with Gasteiger partial charge in [-0.15, -0.1) is 0 Å². The summed E-state index contributed by atoms with van der Waals surface area (Å²) in [6, 6.07) is 18.7. The van der Waals surface area contributed by atoms with Crippen molar-refractivity contribution in [2.75, 3.05) is 44.7 Å². The zero-order valence-electron chi connectivity index (χ0n) is 16.5. The molecule has 0 spiro atoms. The number of carbonyl (C=O) groups is 2. The molecule has 0 radical (unpaired) electrons. The maximum atomic E-state index is 12.5. The van der Waals surface area contributed by atoms with Crippen LogP contribution in [0.25, 0.3) is 0 Å². The van der Waals surface area contributed by atoms with E-state index in [1.165, 1.54) is 0 Å². The molecule has 1 fully saturated rings. The molecule has 1 aliphatic heterocycles. The normalized spacial score (nSPS) is 15.3. The number of amides is 3. The summed E-state index contributed by atoms with van der Waals surface area (Å²) in [4.78, 5) is 26.7. The number of ether oxygens (including phenoxy) is 1. The zero-order chi connectivity index (χ0) is 20.3. The highest BCUT2D eigenvalue weighted by atomic mass is 16.5. The average Bonchev–Trinajstić information content (AvgIpc) is 2.75. The molecule has 0 saturated carbocycles. The fraction of sp³-hybridized carbons (Fsp3) is 0.364. The average molecular weight is 396 g/mol. The van der Waals surface area contributed by atoms with Gasteiger partial charge in [-0.2, -0.15) is 0 Å². The molecule has 1 saturated heterocycles. The van der Waals surface area contributed by atoms with Gasteiger partial charge in [0.1, 0.15) is 0 Å². The van der Waals surface area contributed by atoms with Gasteiger partial charge in [0.25, 0.3) is 0 Å². The number of para-hydroxylation sites is 1. The Morgan fingerprint density at radius 1 is 0.966 bits per heavy atom. The van der Waals surface area contributed by atoms with Crippen molar-refractivity contribution in [2.45, 2.75) is 12.5 Å². The molecule has 1 atom stereocenters. The highest BCUT2D eigenvalue weighted by Gasteiger charge is 2.20. The number of rotatable bonds is 8. The molecule has 7 heteroatoms. The molecule has 0 aliphatic carbocycles. The standard InChI is InChI=1S/C22H28N4O3/c27-21(11-12-23-22(28)24-19-9-5-2-6-10-19)25-20(18-7-3-1-4-8-18)17-26-13-15-29-16-14-26/h1-10,20H,11-17H2,(H,25,27)(H2,23,24,28). The van der Waals surface area contributed by atoms with Gasteiger partial charge in [0.2, 0.25) is 5.91 Å². The van der Waals surface area contributed by atoms with E-state index in [2.05, 4.69) is 20.9 Å². The second kappa shape index (κ2) is 11.2. The number of hydrogen-bond acceptors (Lipinski definition) is 4. The van der Waals surface area contributed by atoms with Gasteiger partial charge < -0.3 is 20.7 Å². The number of morpholine rings is 1. The van der Waals surface area contributed by atoms with Crippen molar-refractivity contribution in [3.05, 3.63) is 66.2 Å². The topological polar surface area (TPSA) is 82.7 Å². The fourth-order valence-corrected chi connectivity index (χ4v) is 3.21. The van der Waals surface area contributed by atoms with Crippen molar-refractivity contribution in [2.24, 2.45) is 0 Å². The van der Waals surface area contributed by atoms with Gasteiger partial charge >= 0.3 is 6.03 Å². The van der Waals surface area contributed by atoms with E-state index in [1.807, 2.05) is 60.7 Å². The first-order valence-corrected chi connectivity index (χ1v) is 9.95. The van der Waals surface area contributed by atoms with Crippen LogP contribution >= 0.6 is 0 Å². The monoisotopic (exact) mass is 396 g/mol. The second-order valence-electron chi connectivity index (χ2n) is 6.94. The highest BCUT2D eigenvalue weighted by molar-refractivity contribution is 5.89. The SMILES string of the molecule is O=C(CCNC(=O)Nc1ccccc1)NC(CN1CCOCC1)c1ccccc1. The molecule has 1 aliphatic rings. The number of carbonyl (C=O) groups excluding carboxylic acids is 2. The third-order valence-electron chi connectivity index (χ3n) is 4.75. The van der Waals surface area contributed by atoms with E-state index in [-0.39, 0.29) is 30.9 Å². The summed E-state index contributed by atoms with van der Waals surface area (Å²) in [6.45, 7) is 4.16. The number of nitrogens with zero attached hydrogens (tertiary/aromatic N) is 1. The Labute approximate surface area is 171 Å². The van der Waals surface area contributed by atoms with Crippen LogP contribution < -0.4 is 16.0 Å². The molecule has 2 aromatic rings. The minimum atomic E-state index is -0.322. The predicted molar refractivity (Wildman–Crippen MR) is 113 cm³/mol. The van der Waals surface area contributed by atoms with E-state index in [4.69, 9.17) is 4.74 Å². The molecule has 3 N–H and O–H groups in total. The highest BCUT2D eigenvalue weighted by Crippen LogP contribution is 2.15. The summed E-state index contributed by atoms with van der Waals surface area (Å²) in [5.41, 5.74) is 1.78. The van der Waals surface area contributed by atoms with E-state index in [0.29, 0.717) is 5.69 Å². The Bertz CT molecular complexity index is 764. The summed E-state index contributed by atoms with van der Waals surface area (Å²) >= 11 is 0. The minimum absolute atomic E-state index is 0.0906. The van der Waals surface area contributed by atoms with E-state index >= 15 is 0 Å². The first kappa shape index (κ1) is 20.8. The van der Waals surface area contributed by atoms with Crippen LogP contribution in [-0.4, -0.2) is 56.2 Å². The molecule has 1 unspecified atom stereocenters. The van der Waals surface area contributed by atoms with E-state index < -0.39 is 0 Å². The lowest BCUT2D eigenvalue weighted by Gasteiger charge is -2.31. The van der Waals surface area contributed by atoms with Crippen LogP contribution in [0, 0.1) is 0 Å². The largest absolute Gasteiger partial charge is 0.379 e. The van der Waals surface area contributed by atoms with Crippen LogP contribution in [0.15, 0.2) is 60.7 Å². The van der Waals surface area contributed by atoms with E-state index in [9.17, 15) is 9.59 Å². The molecule has 154 valence electrons. The number of urea groups is 1. The molecule has 0 aromatic heterocycles. The van der Waals surface area contributed by atoms with Crippen molar-refractivity contribution < 1.29 is 14.3 Å². The first-order valence-electron chi connectivity index (χ1n) is 9.95. The first-order chi connectivity index (χ1) is 14.2. The fourth-order valence-electron chi connectivity index (χ4n) is 3.21. The second-order valence-corrected chi connectivity index (χ2v) is 6.94. The summed E-state index contributed by atoms with van der Waals surface area (Å²) in [5.74, 6) is -0.0906. The van der Waals surface area contributed by atoms with Gasteiger partial charge in [-0.05, 0) is 17.7 Å². The quantitative estimate of drug-likeness (QED) is 0.640. The Hall–Kier alpha value is -2.90. The molecular formula is C22H28N4O3. The third kappa shape index (κ3) is 7.21. The molecule has 2 aromatic carbocycles. The van der Waals surface area contributed by atoms with Crippen molar-refractivity contribution in [1.29, 1.82) is 0 Å². The molecule has 1 heterocycles. The van der Waals surface area contributed by atoms with Gasteiger partial charge in [0.15, 0.2) is 0 Å². The summed E-state index contributed by atoms with van der Waals surface area (Å²) in [6.07, 6.45) is 0.217. The smallest absolute Gasteiger partial charge is 0.319 e. The third-order valence-corrected chi connectivity index (χ3v) is 4.75. The van der Waals surface area contributed by atoms with Crippen LogP contribution in [0.3, 0.4) is 0 Å². The number of benzene rings is 2. The van der Waals surface area contributed by atoms with E-state index in [0.717, 1.165) is 38.4 Å². The van der Waals surface area contributed by atoms with Gasteiger partial charge in [-0.3, -0.25) is 9.69 Å². The summed E-state index contributed by atoms with van der Waals surface area (Å²) in [7, 11) is 0. The predicted octanol–water partition coefficient (Wildman–Crippen LogP) is 2.39. The summed E-state index contributed by atoms with van der Waals surface area (Å²) in [5, 5.41) is 8.57. The van der Waals surface area contributed by atoms with Gasteiger partial charge in [-0.1, -0.05) is 48.5 Å². The number of anilines is 1. The maximum Gasteiger partial charge on any atom is 0.319 e. The molecule has 7 nitrogen and oxygen atoms in total. The number of hydrogen-bond donors (Lipinski definition) is 3. The van der Waals surface area contributed by atoms with Gasteiger partial charge in [0.05, 0.1) is 19.3 Å². The van der Waals surface area contributed by atoms with Crippen LogP contribution in [0.1, 0.15) is 18.0 Å². The van der Waals surface area contributed by atoms with Crippen molar-refractivity contribution in [1.82, 2.24) is 15.5 Å². The lowest BCUT2D eigenvalue weighted by molar-refractivity contribution is -0.121. The van der Waals surface area contributed by atoms with Crippen molar-refractivity contribution >= 4 is 17.6 Å². The molecule has 29 heavy (non-hydrogen) atoms. The summed E-state index contributed by atoms with van der Waals surface area (Å²) < 4.78 is 5.41. The van der Waals surface area contributed by atoms with Crippen LogP contribution in [0.2, 0.25) is 0 Å². The maximum absolute atomic E-state index is 12.5. The van der Waals surface area contributed by atoms with Crippen LogP contribution in [-0.2, 0) is 9.53 Å². The lowest BCUT2D eigenvalue weighted by Crippen LogP contribution is -2.43. The Balaban J connectivity index is 1.46. The Kier molecular flexibility index (Phi) is 8.03. The molecule has 3 rings (SSSR count). The van der Waals surface area contributed by atoms with Gasteiger partial charge in [0, 0.05) is 38.3 Å². The number of nitrogens with one attached hydrogen (secondary N) is 3. The Morgan fingerprint density at radius 2 is 1.62 bits per heavy atom. The van der Waals surface area contributed by atoms with Crippen LogP contribution in [0.5, 0.6) is 0 Å². The zero-order valence-corrected chi connectivity index (χ0v) is 16.5.